The highest BCUT2D eigenvalue weighted by Crippen LogP contribution is 2.25. The lowest BCUT2D eigenvalue weighted by atomic mass is 10.1. The monoisotopic (exact) mass is 202 g/mol. The van der Waals surface area contributed by atoms with E-state index in [9.17, 15) is 0 Å². The molecule has 0 radical (unpaired) electrons. The topological polar surface area (TPSA) is 48.1 Å². The van der Waals surface area contributed by atoms with Crippen molar-refractivity contribution in [3.8, 4) is 5.75 Å². The fourth-order valence-corrected chi connectivity index (χ4v) is 1.76. The number of para-hydroxylation sites is 1. The van der Waals surface area contributed by atoms with Crippen molar-refractivity contribution < 1.29 is 4.74 Å². The number of pyridine rings is 1. The molecule has 0 aliphatic rings. The minimum Gasteiger partial charge on any atom is -0.495 e. The molecule has 0 unspecified atom stereocenters. The van der Waals surface area contributed by atoms with Crippen LogP contribution < -0.4 is 10.5 Å². The average molecular weight is 202 g/mol. The highest BCUT2D eigenvalue weighted by atomic mass is 16.5. The van der Waals surface area contributed by atoms with Crippen molar-refractivity contribution in [2.45, 2.75) is 6.42 Å². The van der Waals surface area contributed by atoms with Gasteiger partial charge in [0.1, 0.15) is 5.75 Å². The van der Waals surface area contributed by atoms with Crippen molar-refractivity contribution in [1.29, 1.82) is 0 Å². The van der Waals surface area contributed by atoms with E-state index in [-0.39, 0.29) is 0 Å². The van der Waals surface area contributed by atoms with Crippen LogP contribution in [0.2, 0.25) is 0 Å². The molecule has 0 saturated heterocycles. The Kier molecular flexibility index (Phi) is 2.83. The number of methoxy groups -OCH3 is 1. The van der Waals surface area contributed by atoms with Gasteiger partial charge >= 0.3 is 0 Å². The third kappa shape index (κ3) is 1.78. The second kappa shape index (κ2) is 4.28. The van der Waals surface area contributed by atoms with E-state index in [2.05, 4.69) is 11.1 Å². The molecule has 3 heteroatoms. The van der Waals surface area contributed by atoms with E-state index in [1.807, 2.05) is 18.2 Å². The Balaban J connectivity index is 2.67. The van der Waals surface area contributed by atoms with Crippen LogP contribution in [0.5, 0.6) is 5.75 Å². The van der Waals surface area contributed by atoms with E-state index in [4.69, 9.17) is 10.5 Å². The summed E-state index contributed by atoms with van der Waals surface area (Å²) in [6.45, 7) is 0.615. The third-order valence-corrected chi connectivity index (χ3v) is 2.46. The van der Waals surface area contributed by atoms with Crippen molar-refractivity contribution >= 4 is 10.9 Å². The molecule has 0 fully saturated rings. The number of aromatic nitrogens is 1. The summed E-state index contributed by atoms with van der Waals surface area (Å²) in [6, 6.07) is 8.03. The Bertz CT molecular complexity index is 468. The number of fused-ring (bicyclic) bond motifs is 1. The van der Waals surface area contributed by atoms with Crippen molar-refractivity contribution in [3.63, 3.8) is 0 Å². The van der Waals surface area contributed by atoms with Gasteiger partial charge in [-0.05, 0) is 19.0 Å². The predicted octanol–water partition coefficient (Wildman–Crippen LogP) is 1.74. The number of nitrogens with zero attached hydrogens (tertiary/aromatic N) is 1. The second-order valence-corrected chi connectivity index (χ2v) is 3.36. The summed E-state index contributed by atoms with van der Waals surface area (Å²) in [6.07, 6.45) is 2.57. The number of hydrogen-bond donors (Lipinski definition) is 1. The van der Waals surface area contributed by atoms with Gasteiger partial charge in [-0.2, -0.15) is 0 Å². The first kappa shape index (κ1) is 9.93. The smallest absolute Gasteiger partial charge is 0.141 e. The van der Waals surface area contributed by atoms with E-state index in [1.165, 1.54) is 0 Å². The quantitative estimate of drug-likeness (QED) is 0.824. The molecule has 0 aliphatic carbocycles. The summed E-state index contributed by atoms with van der Waals surface area (Å²) in [5.41, 5.74) is 7.73. The Labute approximate surface area is 88.9 Å². The van der Waals surface area contributed by atoms with E-state index >= 15 is 0 Å². The third-order valence-electron chi connectivity index (χ3n) is 2.46. The molecule has 2 aromatic rings. The van der Waals surface area contributed by atoms with Gasteiger partial charge in [-0.3, -0.25) is 4.98 Å². The van der Waals surface area contributed by atoms with Crippen LogP contribution in [0.25, 0.3) is 10.9 Å². The van der Waals surface area contributed by atoms with Gasteiger partial charge in [0, 0.05) is 10.9 Å². The summed E-state index contributed by atoms with van der Waals surface area (Å²) in [4.78, 5) is 4.33. The summed E-state index contributed by atoms with van der Waals surface area (Å²) >= 11 is 0. The maximum Gasteiger partial charge on any atom is 0.141 e. The van der Waals surface area contributed by atoms with Crippen LogP contribution in [0.3, 0.4) is 0 Å². The molecule has 0 amide bonds. The molecule has 78 valence electrons. The average Bonchev–Trinajstić information content (AvgIpc) is 2.30. The maximum absolute atomic E-state index is 5.60. The summed E-state index contributed by atoms with van der Waals surface area (Å²) < 4.78 is 5.29. The number of ether oxygens (including phenoxy) is 1. The highest BCUT2D eigenvalue weighted by Gasteiger charge is 2.07. The van der Waals surface area contributed by atoms with Crippen LogP contribution >= 0.6 is 0 Å². The van der Waals surface area contributed by atoms with Crippen molar-refractivity contribution in [3.05, 3.63) is 36.0 Å². The van der Waals surface area contributed by atoms with Gasteiger partial charge in [0.05, 0.1) is 18.8 Å². The largest absolute Gasteiger partial charge is 0.495 e. The standard InChI is InChI=1S/C12H14N2O/c1-15-12-8-14-11-5-3-2-4-9(11)10(12)6-7-13/h2-5,8H,6-7,13H2,1H3. The molecular formula is C12H14N2O. The van der Waals surface area contributed by atoms with Crippen LogP contribution in [-0.2, 0) is 6.42 Å². The zero-order valence-electron chi connectivity index (χ0n) is 8.73. The molecule has 15 heavy (non-hydrogen) atoms. The van der Waals surface area contributed by atoms with Gasteiger partial charge in [0.2, 0.25) is 0 Å². The van der Waals surface area contributed by atoms with Crippen LogP contribution in [0.15, 0.2) is 30.5 Å². The van der Waals surface area contributed by atoms with Gasteiger partial charge in [-0.25, -0.2) is 0 Å². The maximum atomic E-state index is 5.60. The number of rotatable bonds is 3. The number of hydrogen-bond acceptors (Lipinski definition) is 3. The molecule has 0 saturated carbocycles. The molecule has 1 heterocycles. The molecule has 2 N–H and O–H groups in total. The van der Waals surface area contributed by atoms with E-state index < -0.39 is 0 Å². The van der Waals surface area contributed by atoms with Crippen molar-refractivity contribution in [2.75, 3.05) is 13.7 Å². The van der Waals surface area contributed by atoms with Crippen LogP contribution in [0.1, 0.15) is 5.56 Å². The minimum absolute atomic E-state index is 0.615. The molecule has 0 bridgehead atoms. The van der Waals surface area contributed by atoms with E-state index in [1.54, 1.807) is 13.3 Å². The lowest BCUT2D eigenvalue weighted by Crippen LogP contribution is -2.05. The molecule has 0 aliphatic heterocycles. The number of nitrogens with two attached hydrogens (primary N) is 1. The SMILES string of the molecule is COc1cnc2ccccc2c1CCN. The summed E-state index contributed by atoms with van der Waals surface area (Å²) in [5.74, 6) is 0.819. The van der Waals surface area contributed by atoms with Gasteiger partial charge in [0.15, 0.2) is 0 Å². The van der Waals surface area contributed by atoms with Gasteiger partial charge in [0.25, 0.3) is 0 Å². The zero-order valence-corrected chi connectivity index (χ0v) is 8.73. The predicted molar refractivity (Wildman–Crippen MR) is 61.1 cm³/mol. The van der Waals surface area contributed by atoms with E-state index in [0.717, 1.165) is 28.6 Å². The van der Waals surface area contributed by atoms with Crippen LogP contribution in [-0.4, -0.2) is 18.6 Å². The summed E-state index contributed by atoms with van der Waals surface area (Å²) in [5, 5.41) is 1.13. The Morgan fingerprint density at radius 2 is 2.13 bits per heavy atom. The lowest BCUT2D eigenvalue weighted by molar-refractivity contribution is 0.409. The molecule has 2 rings (SSSR count). The molecule has 0 spiro atoms. The van der Waals surface area contributed by atoms with Crippen molar-refractivity contribution in [1.82, 2.24) is 4.98 Å². The molecule has 3 nitrogen and oxygen atoms in total. The zero-order chi connectivity index (χ0) is 10.7. The Morgan fingerprint density at radius 1 is 1.33 bits per heavy atom. The first-order chi connectivity index (χ1) is 7.36. The van der Waals surface area contributed by atoms with Gasteiger partial charge in [-0.15, -0.1) is 0 Å². The van der Waals surface area contributed by atoms with Crippen LogP contribution in [0, 0.1) is 0 Å². The minimum atomic E-state index is 0.615. The highest BCUT2D eigenvalue weighted by molar-refractivity contribution is 5.84. The fraction of sp³-hybridized carbons (Fsp3) is 0.250. The molecule has 1 aromatic carbocycles. The first-order valence-electron chi connectivity index (χ1n) is 4.97. The van der Waals surface area contributed by atoms with Gasteiger partial charge < -0.3 is 10.5 Å². The molecule has 0 atom stereocenters. The Morgan fingerprint density at radius 3 is 2.87 bits per heavy atom. The molecular weight excluding hydrogens is 188 g/mol. The normalized spacial score (nSPS) is 10.5. The lowest BCUT2D eigenvalue weighted by Gasteiger charge is -2.10. The van der Waals surface area contributed by atoms with E-state index in [0.29, 0.717) is 6.54 Å². The van der Waals surface area contributed by atoms with Crippen molar-refractivity contribution in [2.24, 2.45) is 5.73 Å². The van der Waals surface area contributed by atoms with Crippen LogP contribution in [0.4, 0.5) is 0 Å². The second-order valence-electron chi connectivity index (χ2n) is 3.36. The number of benzene rings is 1. The van der Waals surface area contributed by atoms with Gasteiger partial charge in [-0.1, -0.05) is 18.2 Å². The Hall–Kier alpha value is -1.61. The summed E-state index contributed by atoms with van der Waals surface area (Å²) in [7, 11) is 1.66. The first-order valence-corrected chi connectivity index (χ1v) is 4.97. The molecule has 1 aromatic heterocycles. The fourth-order valence-electron chi connectivity index (χ4n) is 1.76.